The molecule has 0 aromatic heterocycles. The van der Waals surface area contributed by atoms with Crippen molar-refractivity contribution in [3.8, 4) is 5.75 Å². The summed E-state index contributed by atoms with van der Waals surface area (Å²) in [6.45, 7) is 4.61. The number of phenols is 1. The number of aromatic hydroxyl groups is 1. The van der Waals surface area contributed by atoms with Gasteiger partial charge >= 0.3 is 0 Å². The number of benzene rings is 2. The van der Waals surface area contributed by atoms with E-state index in [1.165, 1.54) is 0 Å². The van der Waals surface area contributed by atoms with Crippen molar-refractivity contribution >= 4 is 5.91 Å². The van der Waals surface area contributed by atoms with Gasteiger partial charge in [0.2, 0.25) is 5.91 Å². The fourth-order valence-electron chi connectivity index (χ4n) is 2.85. The van der Waals surface area contributed by atoms with Crippen LogP contribution < -0.4 is 16.1 Å². The lowest BCUT2D eigenvalue weighted by Crippen LogP contribution is -2.52. The first kappa shape index (κ1) is 20.9. The molecule has 2 aromatic rings. The van der Waals surface area contributed by atoms with Crippen LogP contribution in [0.15, 0.2) is 54.6 Å². The van der Waals surface area contributed by atoms with Gasteiger partial charge in [0.15, 0.2) is 0 Å². The molecule has 0 fully saturated rings. The van der Waals surface area contributed by atoms with Crippen molar-refractivity contribution in [2.75, 3.05) is 0 Å². The van der Waals surface area contributed by atoms with E-state index in [2.05, 4.69) is 16.1 Å². The SMILES string of the molecule is CC(C)C[C@@H](NO)NC(=O)[C@H](Cc1ccc(O)cc1)NCc1ccccc1. The fourth-order valence-corrected chi connectivity index (χ4v) is 2.85. The van der Waals surface area contributed by atoms with Gasteiger partial charge < -0.3 is 20.9 Å². The maximum Gasteiger partial charge on any atom is 0.238 e. The Bertz CT molecular complexity index is 690. The number of phenolic OH excluding ortho intramolecular Hbond substituents is 1. The smallest absolute Gasteiger partial charge is 0.238 e. The van der Waals surface area contributed by atoms with Crippen molar-refractivity contribution in [2.24, 2.45) is 5.92 Å². The highest BCUT2D eigenvalue weighted by molar-refractivity contribution is 5.82. The van der Waals surface area contributed by atoms with E-state index in [0.717, 1.165) is 11.1 Å². The average molecular weight is 371 g/mol. The quantitative estimate of drug-likeness (QED) is 0.327. The molecule has 2 aromatic carbocycles. The molecule has 0 unspecified atom stereocenters. The number of carbonyl (C=O) groups excluding carboxylic acids is 1. The first-order valence-corrected chi connectivity index (χ1v) is 9.23. The van der Waals surface area contributed by atoms with Gasteiger partial charge in [-0.1, -0.05) is 56.3 Å². The molecule has 0 saturated carbocycles. The molecular formula is C21H29N3O3. The van der Waals surface area contributed by atoms with E-state index < -0.39 is 12.2 Å². The molecule has 0 spiro atoms. The molecule has 2 atom stereocenters. The Morgan fingerprint density at radius 3 is 2.26 bits per heavy atom. The van der Waals surface area contributed by atoms with Gasteiger partial charge in [-0.15, -0.1) is 0 Å². The summed E-state index contributed by atoms with van der Waals surface area (Å²) in [5.41, 5.74) is 4.19. The zero-order valence-electron chi connectivity index (χ0n) is 15.9. The maximum atomic E-state index is 12.8. The minimum Gasteiger partial charge on any atom is -0.508 e. The van der Waals surface area contributed by atoms with Crippen molar-refractivity contribution in [1.82, 2.24) is 16.1 Å². The normalized spacial score (nSPS) is 13.3. The molecule has 0 aliphatic rings. The van der Waals surface area contributed by atoms with Gasteiger partial charge in [-0.25, -0.2) is 0 Å². The van der Waals surface area contributed by atoms with Gasteiger partial charge in [-0.05, 0) is 42.0 Å². The number of carbonyl (C=O) groups is 1. The fraction of sp³-hybridized carbons (Fsp3) is 0.381. The predicted octanol–water partition coefficient (Wildman–Crippen LogP) is 2.56. The van der Waals surface area contributed by atoms with Crippen LogP contribution in [-0.2, 0) is 17.8 Å². The van der Waals surface area contributed by atoms with Crippen LogP contribution in [0.1, 0.15) is 31.4 Å². The molecule has 0 heterocycles. The van der Waals surface area contributed by atoms with E-state index in [1.807, 2.05) is 44.2 Å². The Morgan fingerprint density at radius 2 is 1.67 bits per heavy atom. The summed E-state index contributed by atoms with van der Waals surface area (Å²) < 4.78 is 0. The molecule has 0 radical (unpaired) electrons. The summed E-state index contributed by atoms with van der Waals surface area (Å²) in [6, 6.07) is 16.2. The topological polar surface area (TPSA) is 93.6 Å². The minimum atomic E-state index is -0.502. The lowest BCUT2D eigenvalue weighted by Gasteiger charge is -2.24. The Balaban J connectivity index is 2.06. The minimum absolute atomic E-state index is 0.189. The molecule has 0 saturated heterocycles. The van der Waals surface area contributed by atoms with Crippen LogP contribution in [0.5, 0.6) is 5.75 Å². The Morgan fingerprint density at radius 1 is 1.00 bits per heavy atom. The lowest BCUT2D eigenvalue weighted by atomic mass is 10.0. The standard InChI is InChI=1S/C21H29N3O3/c1-15(2)12-20(24-27)23-21(26)19(13-16-8-10-18(25)11-9-16)22-14-17-6-4-3-5-7-17/h3-11,15,19-20,22,24-25,27H,12-14H2,1-2H3,(H,23,26)/t19-,20+/m0/s1. The van der Waals surface area contributed by atoms with Gasteiger partial charge in [0.05, 0.1) is 6.04 Å². The number of hydrogen-bond donors (Lipinski definition) is 5. The molecule has 2 rings (SSSR count). The van der Waals surface area contributed by atoms with E-state index in [4.69, 9.17) is 0 Å². The number of hydroxylamine groups is 1. The summed E-state index contributed by atoms with van der Waals surface area (Å²) in [6.07, 6.45) is 0.587. The third kappa shape index (κ3) is 7.38. The molecule has 1 amide bonds. The Labute approximate surface area is 160 Å². The average Bonchev–Trinajstić information content (AvgIpc) is 2.66. The van der Waals surface area contributed by atoms with Crippen molar-refractivity contribution in [2.45, 2.75) is 45.4 Å². The highest BCUT2D eigenvalue weighted by atomic mass is 16.5. The van der Waals surface area contributed by atoms with E-state index in [0.29, 0.717) is 25.3 Å². The molecule has 6 heteroatoms. The molecule has 0 bridgehead atoms. The van der Waals surface area contributed by atoms with Crippen LogP contribution in [0.2, 0.25) is 0 Å². The Hall–Kier alpha value is -2.41. The summed E-state index contributed by atoms with van der Waals surface area (Å²) in [5, 5.41) is 24.9. The molecule has 5 N–H and O–H groups in total. The van der Waals surface area contributed by atoms with Crippen LogP contribution in [0.25, 0.3) is 0 Å². The van der Waals surface area contributed by atoms with Gasteiger partial charge in [-0.2, -0.15) is 5.48 Å². The molecule has 27 heavy (non-hydrogen) atoms. The van der Waals surface area contributed by atoms with Crippen LogP contribution in [0.4, 0.5) is 0 Å². The summed E-state index contributed by atoms with van der Waals surface area (Å²) in [5.74, 6) is 0.326. The number of hydrogen-bond acceptors (Lipinski definition) is 5. The van der Waals surface area contributed by atoms with Crippen molar-refractivity contribution in [3.63, 3.8) is 0 Å². The zero-order valence-corrected chi connectivity index (χ0v) is 15.9. The number of amides is 1. The largest absolute Gasteiger partial charge is 0.508 e. The first-order valence-electron chi connectivity index (χ1n) is 9.23. The molecular weight excluding hydrogens is 342 g/mol. The number of nitrogens with one attached hydrogen (secondary N) is 3. The third-order valence-electron chi connectivity index (χ3n) is 4.27. The maximum absolute atomic E-state index is 12.8. The summed E-state index contributed by atoms with van der Waals surface area (Å²) in [4.78, 5) is 12.8. The molecule has 146 valence electrons. The van der Waals surface area contributed by atoms with Crippen LogP contribution in [0.3, 0.4) is 0 Å². The lowest BCUT2D eigenvalue weighted by molar-refractivity contribution is -0.125. The Kier molecular flexibility index (Phi) is 8.26. The second kappa shape index (κ2) is 10.7. The molecule has 0 aliphatic carbocycles. The van der Waals surface area contributed by atoms with E-state index in [9.17, 15) is 15.1 Å². The molecule has 0 aliphatic heterocycles. The van der Waals surface area contributed by atoms with Crippen molar-refractivity contribution < 1.29 is 15.1 Å². The monoisotopic (exact) mass is 371 g/mol. The summed E-state index contributed by atoms with van der Waals surface area (Å²) >= 11 is 0. The summed E-state index contributed by atoms with van der Waals surface area (Å²) in [7, 11) is 0. The third-order valence-corrected chi connectivity index (χ3v) is 4.27. The highest BCUT2D eigenvalue weighted by Crippen LogP contribution is 2.12. The first-order chi connectivity index (χ1) is 13.0. The van der Waals surface area contributed by atoms with Crippen LogP contribution in [-0.4, -0.2) is 28.4 Å². The van der Waals surface area contributed by atoms with E-state index in [-0.39, 0.29) is 11.7 Å². The predicted molar refractivity (Wildman–Crippen MR) is 105 cm³/mol. The zero-order chi connectivity index (χ0) is 19.6. The van der Waals surface area contributed by atoms with Crippen LogP contribution in [0, 0.1) is 5.92 Å². The van der Waals surface area contributed by atoms with E-state index in [1.54, 1.807) is 24.3 Å². The van der Waals surface area contributed by atoms with Gasteiger partial charge in [0, 0.05) is 6.54 Å². The van der Waals surface area contributed by atoms with Crippen molar-refractivity contribution in [1.29, 1.82) is 0 Å². The van der Waals surface area contributed by atoms with Gasteiger partial charge in [0.25, 0.3) is 0 Å². The second-order valence-corrected chi connectivity index (χ2v) is 7.11. The van der Waals surface area contributed by atoms with Crippen LogP contribution >= 0.6 is 0 Å². The van der Waals surface area contributed by atoms with E-state index >= 15 is 0 Å². The van der Waals surface area contributed by atoms with Crippen molar-refractivity contribution in [3.05, 3.63) is 65.7 Å². The molecule has 6 nitrogen and oxygen atoms in total. The van der Waals surface area contributed by atoms with Gasteiger partial charge in [0.1, 0.15) is 11.9 Å². The number of rotatable bonds is 10. The second-order valence-electron chi connectivity index (χ2n) is 7.11. The highest BCUT2D eigenvalue weighted by Gasteiger charge is 2.22. The van der Waals surface area contributed by atoms with Gasteiger partial charge in [-0.3, -0.25) is 4.79 Å².